The van der Waals surface area contributed by atoms with E-state index in [0.717, 1.165) is 44.9 Å². The van der Waals surface area contributed by atoms with Crippen LogP contribution in [0, 0.1) is 5.92 Å². The van der Waals surface area contributed by atoms with Crippen molar-refractivity contribution < 1.29 is 14.3 Å². The van der Waals surface area contributed by atoms with Gasteiger partial charge in [0.2, 0.25) is 11.8 Å². The molecule has 6 heteroatoms. The molecule has 0 aromatic rings. The standard InChI is InChI=1S/C21H35N3O3/c1-15(27-17-11-6-3-7-12-17)23-19(16-9-4-2-5-10-16)21(26)24-14-8-13-18(24)20(22)25/h16-19,23H,1-14H2,(H2,22,25). The van der Waals surface area contributed by atoms with E-state index in [1.165, 1.54) is 25.7 Å². The van der Waals surface area contributed by atoms with Crippen molar-refractivity contribution >= 4 is 11.8 Å². The van der Waals surface area contributed by atoms with Gasteiger partial charge >= 0.3 is 0 Å². The molecule has 1 aliphatic heterocycles. The van der Waals surface area contributed by atoms with E-state index < -0.39 is 11.9 Å². The van der Waals surface area contributed by atoms with E-state index in [1.54, 1.807) is 4.90 Å². The monoisotopic (exact) mass is 377 g/mol. The largest absolute Gasteiger partial charge is 0.476 e. The van der Waals surface area contributed by atoms with E-state index in [9.17, 15) is 9.59 Å². The summed E-state index contributed by atoms with van der Waals surface area (Å²) < 4.78 is 6.03. The van der Waals surface area contributed by atoms with Gasteiger partial charge in [0.25, 0.3) is 0 Å². The van der Waals surface area contributed by atoms with Crippen LogP contribution in [0.1, 0.15) is 77.0 Å². The van der Waals surface area contributed by atoms with Gasteiger partial charge < -0.3 is 20.7 Å². The number of likely N-dealkylation sites (tertiary alicyclic amines) is 1. The lowest BCUT2D eigenvalue weighted by Gasteiger charge is -2.35. The summed E-state index contributed by atoms with van der Waals surface area (Å²) in [4.78, 5) is 26.8. The van der Waals surface area contributed by atoms with Crippen molar-refractivity contribution in [2.45, 2.75) is 95.2 Å². The van der Waals surface area contributed by atoms with E-state index >= 15 is 0 Å². The maximum absolute atomic E-state index is 13.3. The fraction of sp³-hybridized carbons (Fsp3) is 0.810. The Balaban J connectivity index is 1.67. The first-order valence-corrected chi connectivity index (χ1v) is 10.8. The third-order valence-electron chi connectivity index (χ3n) is 6.43. The molecule has 27 heavy (non-hydrogen) atoms. The fourth-order valence-corrected chi connectivity index (χ4v) is 4.95. The second-order valence-electron chi connectivity index (χ2n) is 8.41. The van der Waals surface area contributed by atoms with Crippen molar-refractivity contribution in [3.63, 3.8) is 0 Å². The molecule has 2 unspecified atom stereocenters. The molecular weight excluding hydrogens is 342 g/mol. The lowest BCUT2D eigenvalue weighted by molar-refractivity contribution is -0.140. The highest BCUT2D eigenvalue weighted by Gasteiger charge is 2.39. The Morgan fingerprint density at radius 1 is 0.963 bits per heavy atom. The van der Waals surface area contributed by atoms with Crippen LogP contribution in [0.25, 0.3) is 0 Å². The smallest absolute Gasteiger partial charge is 0.246 e. The number of primary amides is 1. The number of amides is 2. The molecular formula is C21H35N3O3. The van der Waals surface area contributed by atoms with Gasteiger partial charge in [0, 0.05) is 6.54 Å². The van der Waals surface area contributed by atoms with E-state index in [4.69, 9.17) is 10.5 Å². The number of nitrogens with one attached hydrogen (secondary N) is 1. The third kappa shape index (κ3) is 5.17. The van der Waals surface area contributed by atoms with Crippen molar-refractivity contribution in [1.82, 2.24) is 10.2 Å². The van der Waals surface area contributed by atoms with Crippen LogP contribution in [0.2, 0.25) is 0 Å². The molecule has 0 aromatic carbocycles. The number of hydrogen-bond acceptors (Lipinski definition) is 4. The highest BCUT2D eigenvalue weighted by molar-refractivity contribution is 5.90. The van der Waals surface area contributed by atoms with Crippen LogP contribution in [0.5, 0.6) is 0 Å². The van der Waals surface area contributed by atoms with E-state index in [1.807, 2.05) is 0 Å². The van der Waals surface area contributed by atoms with Crippen LogP contribution in [0.15, 0.2) is 12.5 Å². The number of carbonyl (C=O) groups is 2. The van der Waals surface area contributed by atoms with Gasteiger partial charge in [0.1, 0.15) is 18.2 Å². The number of hydrogen-bond donors (Lipinski definition) is 2. The van der Waals surface area contributed by atoms with Gasteiger partial charge in [-0.2, -0.15) is 0 Å². The second-order valence-corrected chi connectivity index (χ2v) is 8.41. The van der Waals surface area contributed by atoms with E-state index in [-0.39, 0.29) is 24.0 Å². The zero-order chi connectivity index (χ0) is 19.2. The fourth-order valence-electron chi connectivity index (χ4n) is 4.95. The molecule has 3 rings (SSSR count). The predicted molar refractivity (Wildman–Crippen MR) is 105 cm³/mol. The molecule has 0 spiro atoms. The van der Waals surface area contributed by atoms with Gasteiger partial charge in [0.05, 0.1) is 0 Å². The Kier molecular flexibility index (Phi) is 7.02. The summed E-state index contributed by atoms with van der Waals surface area (Å²) in [5.74, 6) is 0.338. The zero-order valence-electron chi connectivity index (χ0n) is 16.5. The van der Waals surface area contributed by atoms with Gasteiger partial charge in [-0.25, -0.2) is 0 Å². The Morgan fingerprint density at radius 2 is 1.59 bits per heavy atom. The third-order valence-corrected chi connectivity index (χ3v) is 6.43. The van der Waals surface area contributed by atoms with Gasteiger partial charge in [-0.1, -0.05) is 25.7 Å². The molecule has 0 radical (unpaired) electrons. The van der Waals surface area contributed by atoms with Crippen molar-refractivity contribution in [3.05, 3.63) is 12.5 Å². The highest BCUT2D eigenvalue weighted by atomic mass is 16.5. The summed E-state index contributed by atoms with van der Waals surface area (Å²) >= 11 is 0. The molecule has 2 atom stereocenters. The van der Waals surface area contributed by atoms with Crippen molar-refractivity contribution in [1.29, 1.82) is 0 Å². The van der Waals surface area contributed by atoms with Gasteiger partial charge in [-0.05, 0) is 63.9 Å². The van der Waals surface area contributed by atoms with Crippen LogP contribution in [-0.4, -0.2) is 41.4 Å². The average molecular weight is 378 g/mol. The summed E-state index contributed by atoms with van der Waals surface area (Å²) in [6.45, 7) is 4.66. The first-order valence-electron chi connectivity index (χ1n) is 10.8. The van der Waals surface area contributed by atoms with E-state index in [0.29, 0.717) is 18.8 Å². The average Bonchev–Trinajstić information content (AvgIpc) is 3.17. The lowest BCUT2D eigenvalue weighted by Crippen LogP contribution is -2.54. The molecule has 0 aromatic heterocycles. The minimum Gasteiger partial charge on any atom is -0.476 e. The molecule has 0 bridgehead atoms. The highest BCUT2D eigenvalue weighted by Crippen LogP contribution is 2.30. The SMILES string of the molecule is C=C(NC(C(=O)N1CCCC1C(N)=O)C1CCCCC1)OC1CCCCC1. The Hall–Kier alpha value is -1.72. The summed E-state index contributed by atoms with van der Waals surface area (Å²) in [5, 5.41) is 3.31. The molecule has 2 amide bonds. The second kappa shape index (κ2) is 9.47. The quantitative estimate of drug-likeness (QED) is 0.668. The Bertz CT molecular complexity index is 539. The number of rotatable bonds is 7. The van der Waals surface area contributed by atoms with Crippen LogP contribution >= 0.6 is 0 Å². The maximum Gasteiger partial charge on any atom is 0.246 e. The summed E-state index contributed by atoms with van der Waals surface area (Å²) in [5.41, 5.74) is 5.53. The number of nitrogens with two attached hydrogens (primary N) is 1. The lowest BCUT2D eigenvalue weighted by atomic mass is 9.83. The van der Waals surface area contributed by atoms with Crippen LogP contribution in [0.3, 0.4) is 0 Å². The minimum absolute atomic E-state index is 0.0170. The molecule has 3 N–H and O–H groups in total. The van der Waals surface area contributed by atoms with Gasteiger partial charge in [-0.3, -0.25) is 9.59 Å². The Morgan fingerprint density at radius 3 is 2.22 bits per heavy atom. The first-order chi connectivity index (χ1) is 13.1. The zero-order valence-corrected chi connectivity index (χ0v) is 16.5. The summed E-state index contributed by atoms with van der Waals surface area (Å²) in [7, 11) is 0. The molecule has 3 fully saturated rings. The summed E-state index contributed by atoms with van der Waals surface area (Å²) in [6, 6.07) is -0.848. The number of carbonyl (C=O) groups excluding carboxylic acids is 2. The molecule has 2 saturated carbocycles. The van der Waals surface area contributed by atoms with Crippen molar-refractivity contribution in [2.75, 3.05) is 6.54 Å². The number of ether oxygens (including phenoxy) is 1. The number of nitrogens with zero attached hydrogens (tertiary/aromatic N) is 1. The topological polar surface area (TPSA) is 84.7 Å². The summed E-state index contributed by atoms with van der Waals surface area (Å²) in [6.07, 6.45) is 13.0. The maximum atomic E-state index is 13.3. The minimum atomic E-state index is -0.474. The predicted octanol–water partition coefficient (Wildman–Crippen LogP) is 2.82. The molecule has 3 aliphatic rings. The molecule has 6 nitrogen and oxygen atoms in total. The first kappa shape index (κ1) is 20.0. The van der Waals surface area contributed by atoms with Crippen molar-refractivity contribution in [3.8, 4) is 0 Å². The molecule has 1 saturated heterocycles. The molecule has 1 heterocycles. The molecule has 2 aliphatic carbocycles. The van der Waals surface area contributed by atoms with Crippen molar-refractivity contribution in [2.24, 2.45) is 11.7 Å². The van der Waals surface area contributed by atoms with E-state index in [2.05, 4.69) is 11.9 Å². The Labute approximate surface area is 162 Å². The van der Waals surface area contributed by atoms with Gasteiger partial charge in [-0.15, -0.1) is 0 Å². The normalized spacial score (nSPS) is 25.8. The van der Waals surface area contributed by atoms with Crippen LogP contribution in [-0.2, 0) is 14.3 Å². The van der Waals surface area contributed by atoms with Crippen LogP contribution < -0.4 is 11.1 Å². The van der Waals surface area contributed by atoms with Gasteiger partial charge in [0.15, 0.2) is 5.88 Å². The molecule has 152 valence electrons. The van der Waals surface area contributed by atoms with Crippen LogP contribution in [0.4, 0.5) is 0 Å².